The van der Waals surface area contributed by atoms with Crippen LogP contribution in [0, 0.1) is 0 Å². The Morgan fingerprint density at radius 3 is 2.75 bits per heavy atom. The number of hydrogen-bond acceptors (Lipinski definition) is 5. The predicted octanol–water partition coefficient (Wildman–Crippen LogP) is 5.53. The summed E-state index contributed by atoms with van der Waals surface area (Å²) in [6, 6.07) is 9.16. The normalized spacial score (nSPS) is 13.0. The summed E-state index contributed by atoms with van der Waals surface area (Å²) in [4.78, 5) is 15.6. The third-order valence-electron chi connectivity index (χ3n) is 3.88. The predicted molar refractivity (Wildman–Crippen MR) is 119 cm³/mol. The quantitative estimate of drug-likeness (QED) is 0.479. The number of pyridine rings is 1. The molecule has 0 unspecified atom stereocenters. The minimum Gasteiger partial charge on any atom is -0.492 e. The minimum absolute atomic E-state index is 0. The van der Waals surface area contributed by atoms with Gasteiger partial charge in [0, 0.05) is 30.1 Å². The second kappa shape index (κ2) is 9.30. The van der Waals surface area contributed by atoms with Crippen molar-refractivity contribution in [1.29, 1.82) is 0 Å². The molecule has 1 aliphatic heterocycles. The van der Waals surface area contributed by atoms with E-state index >= 15 is 0 Å². The number of hydrogen-bond donors (Lipinski definition) is 3. The third-order valence-corrected chi connectivity index (χ3v) is 4.62. The van der Waals surface area contributed by atoms with Gasteiger partial charge in [-0.2, -0.15) is 4.98 Å². The maximum Gasteiger partial charge on any atom is 0.238 e. The standard InChI is InChI=1S/C18H13Cl2N5O.2ClH/c19-13-4-3-10(6-14(13)20)8-23-18-24-15(17(26)25-18)7-11-9-22-16-12(11)2-1-5-21-16;;/h1-7,9,26H,8H2,(H2,23,24,25);2*1H/b11-7+;;. The molecule has 3 aromatic rings. The average Bonchev–Trinajstić information content (AvgIpc) is 3.20. The molecule has 2 aromatic heterocycles. The van der Waals surface area contributed by atoms with Crippen LogP contribution in [0.25, 0.3) is 11.6 Å². The fourth-order valence-electron chi connectivity index (χ4n) is 2.59. The van der Waals surface area contributed by atoms with E-state index in [1.165, 1.54) is 0 Å². The third kappa shape index (κ3) is 4.59. The molecule has 0 amide bonds. The van der Waals surface area contributed by atoms with Gasteiger partial charge in [0.25, 0.3) is 0 Å². The van der Waals surface area contributed by atoms with Crippen LogP contribution in [-0.2, 0) is 6.54 Å². The lowest BCUT2D eigenvalue weighted by molar-refractivity contribution is 0.455. The maximum atomic E-state index is 10.1. The molecule has 0 fully saturated rings. The van der Waals surface area contributed by atoms with Crippen LogP contribution >= 0.6 is 48.0 Å². The number of anilines is 1. The Bertz CT molecular complexity index is 1050. The zero-order chi connectivity index (χ0) is 18.1. The van der Waals surface area contributed by atoms with Gasteiger partial charge >= 0.3 is 0 Å². The molecule has 10 heteroatoms. The monoisotopic (exact) mass is 457 g/mol. The zero-order valence-corrected chi connectivity index (χ0v) is 17.3. The molecule has 3 N–H and O–H groups in total. The molecule has 28 heavy (non-hydrogen) atoms. The molecular weight excluding hydrogens is 444 g/mol. The summed E-state index contributed by atoms with van der Waals surface area (Å²) in [7, 11) is 0. The lowest BCUT2D eigenvalue weighted by Gasteiger charge is -2.04. The summed E-state index contributed by atoms with van der Waals surface area (Å²) in [5.74, 6) is 1.01. The van der Waals surface area contributed by atoms with Gasteiger partial charge in [0.05, 0.1) is 10.0 Å². The summed E-state index contributed by atoms with van der Waals surface area (Å²) in [6.07, 6.45) is 5.18. The number of nitrogens with one attached hydrogen (secondary N) is 2. The van der Waals surface area contributed by atoms with Gasteiger partial charge < -0.3 is 15.4 Å². The van der Waals surface area contributed by atoms with Gasteiger partial charge in [0.15, 0.2) is 5.82 Å². The van der Waals surface area contributed by atoms with Crippen molar-refractivity contribution >= 4 is 77.6 Å². The molecule has 0 aliphatic carbocycles. The molecule has 1 aromatic carbocycles. The van der Waals surface area contributed by atoms with Crippen molar-refractivity contribution in [3.8, 4) is 5.88 Å². The number of aromatic nitrogens is 3. The maximum absolute atomic E-state index is 10.1. The summed E-state index contributed by atoms with van der Waals surface area (Å²) < 4.78 is 0. The fourth-order valence-corrected chi connectivity index (χ4v) is 2.91. The van der Waals surface area contributed by atoms with Crippen LogP contribution in [-0.4, -0.2) is 26.3 Å². The highest BCUT2D eigenvalue weighted by Crippen LogP contribution is 2.31. The number of fused-ring (bicyclic) bond motifs is 1. The van der Waals surface area contributed by atoms with Crippen LogP contribution in [0.15, 0.2) is 41.5 Å². The Morgan fingerprint density at radius 1 is 1.14 bits per heavy atom. The second-order valence-corrected chi connectivity index (χ2v) is 6.47. The highest BCUT2D eigenvalue weighted by Gasteiger charge is 2.15. The largest absolute Gasteiger partial charge is 0.492 e. The van der Waals surface area contributed by atoms with Crippen molar-refractivity contribution in [2.75, 3.05) is 5.32 Å². The highest BCUT2D eigenvalue weighted by atomic mass is 35.5. The summed E-state index contributed by atoms with van der Waals surface area (Å²) in [5, 5.41) is 14.2. The zero-order valence-electron chi connectivity index (χ0n) is 14.2. The lowest BCUT2D eigenvalue weighted by Crippen LogP contribution is -2.00. The van der Waals surface area contributed by atoms with Crippen LogP contribution in [0.5, 0.6) is 5.88 Å². The first-order valence-corrected chi connectivity index (χ1v) is 8.53. The van der Waals surface area contributed by atoms with E-state index in [0.717, 1.165) is 16.7 Å². The van der Waals surface area contributed by atoms with Crippen molar-refractivity contribution in [2.45, 2.75) is 6.54 Å². The van der Waals surface area contributed by atoms with Gasteiger partial charge in [0.1, 0.15) is 5.69 Å². The topological polar surface area (TPSA) is 86.2 Å². The van der Waals surface area contributed by atoms with E-state index < -0.39 is 0 Å². The second-order valence-electron chi connectivity index (χ2n) is 5.66. The van der Waals surface area contributed by atoms with E-state index in [4.69, 9.17) is 23.2 Å². The molecule has 3 heterocycles. The molecule has 0 bridgehead atoms. The summed E-state index contributed by atoms with van der Waals surface area (Å²) in [5.41, 5.74) is 3.19. The molecular formula is C18H15Cl4N5O. The number of H-pyrrole nitrogens is 1. The lowest BCUT2D eigenvalue weighted by atomic mass is 10.1. The van der Waals surface area contributed by atoms with E-state index in [1.807, 2.05) is 18.2 Å². The molecule has 0 spiro atoms. The molecule has 0 atom stereocenters. The van der Waals surface area contributed by atoms with Crippen LogP contribution in [0.4, 0.5) is 11.8 Å². The molecule has 1 aliphatic rings. The number of aliphatic imine (C=N–C) groups is 1. The first-order chi connectivity index (χ1) is 12.6. The molecule has 0 saturated carbocycles. The fraction of sp³-hybridized carbons (Fsp3) is 0.0556. The minimum atomic E-state index is -0.0973. The first-order valence-electron chi connectivity index (χ1n) is 7.78. The molecule has 0 saturated heterocycles. The number of aromatic amines is 1. The Kier molecular flexibility index (Phi) is 7.32. The summed E-state index contributed by atoms with van der Waals surface area (Å²) in [6.45, 7) is 0.480. The van der Waals surface area contributed by atoms with Gasteiger partial charge in [-0.05, 0) is 35.9 Å². The number of rotatable bonds is 4. The van der Waals surface area contributed by atoms with Crippen LogP contribution < -0.4 is 5.32 Å². The molecule has 4 rings (SSSR count). The number of nitrogens with zero attached hydrogens (tertiary/aromatic N) is 3. The van der Waals surface area contributed by atoms with Gasteiger partial charge in [-0.3, -0.25) is 0 Å². The van der Waals surface area contributed by atoms with Crippen LogP contribution in [0.2, 0.25) is 10.0 Å². The van der Waals surface area contributed by atoms with Gasteiger partial charge in [-0.25, -0.2) is 9.98 Å². The highest BCUT2D eigenvalue weighted by molar-refractivity contribution is 6.42. The Balaban J connectivity index is 0.00000140. The Morgan fingerprint density at radius 2 is 1.96 bits per heavy atom. The van der Waals surface area contributed by atoms with E-state index in [-0.39, 0.29) is 30.7 Å². The van der Waals surface area contributed by atoms with Crippen molar-refractivity contribution in [3.05, 3.63) is 63.4 Å². The van der Waals surface area contributed by atoms with E-state index in [1.54, 1.807) is 30.6 Å². The molecule has 0 radical (unpaired) electrons. The van der Waals surface area contributed by atoms with E-state index in [9.17, 15) is 5.11 Å². The van der Waals surface area contributed by atoms with E-state index in [2.05, 4.69) is 25.3 Å². The average molecular weight is 459 g/mol. The van der Waals surface area contributed by atoms with Crippen molar-refractivity contribution < 1.29 is 5.11 Å². The van der Waals surface area contributed by atoms with Gasteiger partial charge in [-0.1, -0.05) is 29.3 Å². The van der Waals surface area contributed by atoms with Crippen molar-refractivity contribution in [2.24, 2.45) is 4.99 Å². The smallest absolute Gasteiger partial charge is 0.238 e. The van der Waals surface area contributed by atoms with Crippen LogP contribution in [0.1, 0.15) is 16.8 Å². The number of benzene rings is 1. The number of aromatic hydroxyl groups is 1. The van der Waals surface area contributed by atoms with Gasteiger partial charge in [-0.15, -0.1) is 24.8 Å². The number of imidazole rings is 1. The number of halogens is 4. The van der Waals surface area contributed by atoms with Crippen LogP contribution in [0.3, 0.4) is 0 Å². The Labute approximate surface area is 183 Å². The van der Waals surface area contributed by atoms with Crippen molar-refractivity contribution in [3.63, 3.8) is 0 Å². The van der Waals surface area contributed by atoms with Gasteiger partial charge in [0.2, 0.25) is 11.8 Å². The van der Waals surface area contributed by atoms with E-state index in [0.29, 0.717) is 34.1 Å². The molecule has 146 valence electrons. The Hall–Kier alpha value is -2.25. The van der Waals surface area contributed by atoms with Crippen molar-refractivity contribution in [1.82, 2.24) is 15.0 Å². The number of allylic oxidation sites excluding steroid dienone is 1. The summed E-state index contributed by atoms with van der Waals surface area (Å²) >= 11 is 11.9. The SMILES string of the molecule is Cl.Cl.Oc1nc(NCc2ccc(Cl)c(Cl)c2)[nH]c1/C=C1\C=Nc2ncccc21. The first kappa shape index (κ1) is 22.0. The molecule has 6 nitrogen and oxygen atoms in total.